The molecule has 1 aliphatic carbocycles. The number of aryl methyl sites for hydroxylation is 1. The van der Waals surface area contributed by atoms with Crippen LogP contribution in [0.3, 0.4) is 0 Å². The number of fused-ring (bicyclic) bond motifs is 1. The van der Waals surface area contributed by atoms with Gasteiger partial charge in [-0.1, -0.05) is 12.1 Å². The molecular weight excluding hydrogens is 402 g/mol. The lowest BCUT2D eigenvalue weighted by Gasteiger charge is -2.40. The second-order valence-electron chi connectivity index (χ2n) is 9.40. The molecule has 4 atom stereocenters. The van der Waals surface area contributed by atoms with Gasteiger partial charge in [0.25, 0.3) is 0 Å². The summed E-state index contributed by atoms with van der Waals surface area (Å²) in [4.78, 5) is 17.2. The molecule has 3 aromatic rings. The van der Waals surface area contributed by atoms with E-state index in [-0.39, 0.29) is 6.04 Å². The summed E-state index contributed by atoms with van der Waals surface area (Å²) >= 11 is 0. The number of H-pyrrole nitrogens is 1. The number of nitrogens with two attached hydrogens (primary N) is 1. The van der Waals surface area contributed by atoms with Gasteiger partial charge >= 0.3 is 5.97 Å². The number of nitrogens with one attached hydrogen (secondary N) is 1. The molecule has 2 aromatic carbocycles. The quantitative estimate of drug-likeness (QED) is 0.533. The second-order valence-corrected chi connectivity index (χ2v) is 9.40. The van der Waals surface area contributed by atoms with E-state index in [1.165, 1.54) is 22.1 Å². The van der Waals surface area contributed by atoms with E-state index in [0.29, 0.717) is 23.4 Å². The molecule has 5 rings (SSSR count). The molecule has 1 aliphatic heterocycles. The number of hydrogen-bond acceptors (Lipinski definition) is 4. The van der Waals surface area contributed by atoms with E-state index in [0.717, 1.165) is 43.6 Å². The predicted octanol–water partition coefficient (Wildman–Crippen LogP) is 4.48. The smallest absolute Gasteiger partial charge is 0.335 e. The Morgan fingerprint density at radius 3 is 2.66 bits per heavy atom. The minimum Gasteiger partial charge on any atom is -0.496 e. The molecule has 0 bridgehead atoms. The maximum atomic E-state index is 11.3. The fourth-order valence-corrected chi connectivity index (χ4v) is 5.58. The van der Waals surface area contributed by atoms with Crippen molar-refractivity contribution in [3.8, 4) is 5.75 Å². The van der Waals surface area contributed by atoms with Crippen LogP contribution in [0.4, 0.5) is 0 Å². The number of nitrogens with zero attached hydrogens (tertiary/aromatic N) is 1. The molecule has 1 saturated heterocycles. The summed E-state index contributed by atoms with van der Waals surface area (Å²) in [7, 11) is 1.74. The number of ether oxygens (including phenoxy) is 1. The van der Waals surface area contributed by atoms with E-state index in [4.69, 9.17) is 10.5 Å². The SMILES string of the molecule is COc1cc(C)c2[nH]ccc2c1CN1CC[C@H](C2C[C@@H]2N)C[C@H]1c1ccc(C(=O)O)cc1. The van der Waals surface area contributed by atoms with E-state index in [2.05, 4.69) is 28.9 Å². The van der Waals surface area contributed by atoms with Crippen LogP contribution in [0.2, 0.25) is 0 Å². The Balaban J connectivity index is 1.49. The van der Waals surface area contributed by atoms with Gasteiger partial charge in [0.05, 0.1) is 12.7 Å². The number of rotatable bonds is 6. The zero-order valence-electron chi connectivity index (χ0n) is 18.7. The molecule has 2 aliphatic rings. The second kappa shape index (κ2) is 8.26. The lowest BCUT2D eigenvalue weighted by Crippen LogP contribution is -2.37. The maximum absolute atomic E-state index is 11.3. The lowest BCUT2D eigenvalue weighted by molar-refractivity contribution is 0.0696. The number of piperidine rings is 1. The zero-order valence-corrected chi connectivity index (χ0v) is 18.7. The fourth-order valence-electron chi connectivity index (χ4n) is 5.58. The summed E-state index contributed by atoms with van der Waals surface area (Å²) in [6.07, 6.45) is 5.32. The van der Waals surface area contributed by atoms with Crippen molar-refractivity contribution in [2.24, 2.45) is 17.6 Å². The first-order valence-corrected chi connectivity index (χ1v) is 11.4. The Bertz CT molecular complexity index is 1140. The lowest BCUT2D eigenvalue weighted by atomic mass is 9.83. The van der Waals surface area contributed by atoms with Crippen LogP contribution in [0, 0.1) is 18.8 Å². The van der Waals surface area contributed by atoms with Gasteiger partial charge in [0.1, 0.15) is 5.75 Å². The van der Waals surface area contributed by atoms with Gasteiger partial charge in [-0.25, -0.2) is 4.79 Å². The number of aromatic carboxylic acids is 1. The zero-order chi connectivity index (χ0) is 22.4. The van der Waals surface area contributed by atoms with Gasteiger partial charge in [0.2, 0.25) is 0 Å². The normalized spacial score (nSPS) is 25.7. The summed E-state index contributed by atoms with van der Waals surface area (Å²) in [6, 6.07) is 12.2. The third-order valence-electron chi connectivity index (χ3n) is 7.49. The van der Waals surface area contributed by atoms with Crippen LogP contribution in [-0.2, 0) is 6.54 Å². The van der Waals surface area contributed by atoms with E-state index in [1.807, 2.05) is 18.3 Å². The van der Waals surface area contributed by atoms with E-state index in [9.17, 15) is 9.90 Å². The summed E-state index contributed by atoms with van der Waals surface area (Å²) < 4.78 is 5.79. The van der Waals surface area contributed by atoms with Crippen molar-refractivity contribution in [3.63, 3.8) is 0 Å². The molecule has 2 heterocycles. The van der Waals surface area contributed by atoms with Crippen molar-refractivity contribution in [3.05, 3.63) is 64.8 Å². The Kier molecular flexibility index (Phi) is 5.43. The summed E-state index contributed by atoms with van der Waals surface area (Å²) in [5.74, 6) is 1.28. The average Bonchev–Trinajstić information content (AvgIpc) is 3.31. The number of likely N-dealkylation sites (tertiary alicyclic amines) is 1. The van der Waals surface area contributed by atoms with Crippen LogP contribution < -0.4 is 10.5 Å². The van der Waals surface area contributed by atoms with Crippen LogP contribution in [0.1, 0.15) is 52.4 Å². The first-order valence-electron chi connectivity index (χ1n) is 11.4. The molecule has 6 heteroatoms. The van der Waals surface area contributed by atoms with Crippen LogP contribution in [0.5, 0.6) is 5.75 Å². The van der Waals surface area contributed by atoms with Gasteiger partial charge < -0.3 is 20.6 Å². The van der Waals surface area contributed by atoms with Gasteiger partial charge in [-0.15, -0.1) is 0 Å². The highest BCUT2D eigenvalue weighted by Crippen LogP contribution is 2.47. The highest BCUT2D eigenvalue weighted by Gasteiger charge is 2.43. The van der Waals surface area contributed by atoms with Gasteiger partial charge in [-0.05, 0) is 80.0 Å². The number of carboxylic acid groups (broad SMARTS) is 1. The highest BCUT2D eigenvalue weighted by atomic mass is 16.5. The Labute approximate surface area is 188 Å². The first kappa shape index (κ1) is 21.0. The molecule has 4 N–H and O–H groups in total. The third kappa shape index (κ3) is 3.78. The molecule has 1 saturated carbocycles. The van der Waals surface area contributed by atoms with E-state index in [1.54, 1.807) is 19.2 Å². The third-order valence-corrected chi connectivity index (χ3v) is 7.49. The van der Waals surface area contributed by atoms with Crippen LogP contribution in [0.15, 0.2) is 42.6 Å². The standard InChI is InChI=1S/C26H31N3O3/c1-15-11-24(32-2)21(19-7-9-28-25(15)19)14-29-10-8-18(20-13-22(20)27)12-23(29)16-3-5-17(6-4-16)26(30)31/h3-7,9,11,18,20,22-23,28H,8,10,12-14,27H2,1-2H3,(H,30,31)/t18-,20?,22-,23-/m0/s1. The Morgan fingerprint density at radius 1 is 1.25 bits per heavy atom. The summed E-state index contributed by atoms with van der Waals surface area (Å²) in [5.41, 5.74) is 11.2. The number of carboxylic acids is 1. The van der Waals surface area contributed by atoms with Crippen molar-refractivity contribution < 1.29 is 14.6 Å². The molecule has 2 fully saturated rings. The molecule has 1 aromatic heterocycles. The van der Waals surface area contributed by atoms with E-state index < -0.39 is 5.97 Å². The number of carbonyl (C=O) groups is 1. The summed E-state index contributed by atoms with van der Waals surface area (Å²) in [5, 5.41) is 10.5. The molecule has 6 nitrogen and oxygen atoms in total. The Morgan fingerprint density at radius 2 is 2.00 bits per heavy atom. The van der Waals surface area contributed by atoms with Gasteiger partial charge in [-0.3, -0.25) is 4.90 Å². The fraction of sp³-hybridized carbons (Fsp3) is 0.423. The van der Waals surface area contributed by atoms with Crippen molar-refractivity contribution in [2.45, 2.75) is 44.8 Å². The molecule has 0 spiro atoms. The predicted molar refractivity (Wildman–Crippen MR) is 125 cm³/mol. The highest BCUT2D eigenvalue weighted by molar-refractivity contribution is 5.88. The van der Waals surface area contributed by atoms with Crippen molar-refractivity contribution in [1.82, 2.24) is 9.88 Å². The van der Waals surface area contributed by atoms with Crippen molar-refractivity contribution >= 4 is 16.9 Å². The summed E-state index contributed by atoms with van der Waals surface area (Å²) in [6.45, 7) is 3.87. The number of aromatic nitrogens is 1. The van der Waals surface area contributed by atoms with Gasteiger partial charge in [0, 0.05) is 41.3 Å². The maximum Gasteiger partial charge on any atom is 0.335 e. The van der Waals surface area contributed by atoms with Gasteiger partial charge in [-0.2, -0.15) is 0 Å². The number of aromatic amines is 1. The minimum absolute atomic E-state index is 0.226. The largest absolute Gasteiger partial charge is 0.496 e. The van der Waals surface area contributed by atoms with Crippen molar-refractivity contribution in [1.29, 1.82) is 0 Å². The number of hydrogen-bond donors (Lipinski definition) is 3. The number of methoxy groups -OCH3 is 1. The molecular formula is C26H31N3O3. The first-order chi connectivity index (χ1) is 15.5. The van der Waals surface area contributed by atoms with E-state index >= 15 is 0 Å². The molecule has 168 valence electrons. The molecule has 0 radical (unpaired) electrons. The van der Waals surface area contributed by atoms with Gasteiger partial charge in [0.15, 0.2) is 0 Å². The molecule has 32 heavy (non-hydrogen) atoms. The van der Waals surface area contributed by atoms with Crippen LogP contribution in [0.25, 0.3) is 10.9 Å². The minimum atomic E-state index is -0.891. The monoisotopic (exact) mass is 433 g/mol. The molecule has 0 amide bonds. The Hall–Kier alpha value is -2.83. The van der Waals surface area contributed by atoms with Crippen molar-refractivity contribution in [2.75, 3.05) is 13.7 Å². The van der Waals surface area contributed by atoms with Crippen LogP contribution >= 0.6 is 0 Å². The number of benzene rings is 2. The van der Waals surface area contributed by atoms with Crippen LogP contribution in [-0.4, -0.2) is 40.7 Å². The molecule has 1 unspecified atom stereocenters. The average molecular weight is 434 g/mol. The topological polar surface area (TPSA) is 91.6 Å².